The number of rotatable bonds is 4. The van der Waals surface area contributed by atoms with Crippen LogP contribution in [0.25, 0.3) is 6.08 Å². The van der Waals surface area contributed by atoms with Gasteiger partial charge in [-0.15, -0.1) is 0 Å². The summed E-state index contributed by atoms with van der Waals surface area (Å²) in [7, 11) is 1.66. The average Bonchev–Trinajstić information content (AvgIpc) is 2.96. The van der Waals surface area contributed by atoms with Crippen molar-refractivity contribution >= 4 is 17.9 Å². The number of ether oxygens (including phenoxy) is 2. The summed E-state index contributed by atoms with van der Waals surface area (Å²) in [5, 5.41) is 0. The maximum atomic E-state index is 12.1. The van der Waals surface area contributed by atoms with E-state index in [9.17, 15) is 4.79 Å². The molecule has 1 heterocycles. The highest BCUT2D eigenvalue weighted by atomic mass is 16.6. The first-order valence-electron chi connectivity index (χ1n) is 8.25. The third-order valence-electron chi connectivity index (χ3n) is 4.10. The van der Waals surface area contributed by atoms with E-state index in [1.165, 1.54) is 0 Å². The molecule has 0 amide bonds. The molecule has 0 N–H and O–H groups in total. The zero-order valence-corrected chi connectivity index (χ0v) is 14.9. The Bertz CT molecular complexity index is 861. The average molecular weight is 335 g/mol. The van der Waals surface area contributed by atoms with Crippen molar-refractivity contribution in [3.63, 3.8) is 0 Å². The lowest BCUT2D eigenvalue weighted by molar-refractivity contribution is -0.129. The standard InChI is InChI=1S/C21H21NO3/c1-13(2)17-11-15(7-10-19(17)24-4)12-18-21(23)25-20(22-18)16-8-5-14(3)6-9-16/h5-13H,1-4H3/b18-12+. The molecule has 0 radical (unpaired) electrons. The molecule has 0 bridgehead atoms. The van der Waals surface area contributed by atoms with Crippen LogP contribution in [0.2, 0.25) is 0 Å². The quantitative estimate of drug-likeness (QED) is 0.612. The SMILES string of the molecule is COc1ccc(/C=C2/N=C(c3ccc(C)cc3)OC2=O)cc1C(C)C. The van der Waals surface area contributed by atoms with E-state index >= 15 is 0 Å². The van der Waals surface area contributed by atoms with E-state index in [0.717, 1.165) is 28.0 Å². The predicted octanol–water partition coefficient (Wildman–Crippen LogP) is 4.47. The zero-order chi connectivity index (χ0) is 18.0. The Kier molecular flexibility index (Phi) is 4.70. The number of nitrogens with zero attached hydrogens (tertiary/aromatic N) is 1. The molecule has 0 aliphatic carbocycles. The highest BCUT2D eigenvalue weighted by Gasteiger charge is 2.24. The fourth-order valence-corrected chi connectivity index (χ4v) is 2.68. The van der Waals surface area contributed by atoms with Crippen molar-refractivity contribution in [3.8, 4) is 5.75 Å². The predicted molar refractivity (Wildman–Crippen MR) is 98.9 cm³/mol. The summed E-state index contributed by atoms with van der Waals surface area (Å²) in [6, 6.07) is 13.6. The molecule has 128 valence electrons. The van der Waals surface area contributed by atoms with Crippen molar-refractivity contribution < 1.29 is 14.3 Å². The lowest BCUT2D eigenvalue weighted by atomic mass is 9.99. The molecule has 0 aromatic heterocycles. The van der Waals surface area contributed by atoms with Gasteiger partial charge in [0.2, 0.25) is 5.90 Å². The van der Waals surface area contributed by atoms with Gasteiger partial charge in [-0.3, -0.25) is 0 Å². The Hall–Kier alpha value is -2.88. The molecule has 2 aromatic carbocycles. The van der Waals surface area contributed by atoms with Crippen LogP contribution in [0.15, 0.2) is 53.2 Å². The largest absolute Gasteiger partial charge is 0.496 e. The topological polar surface area (TPSA) is 47.9 Å². The van der Waals surface area contributed by atoms with Crippen molar-refractivity contribution in [3.05, 3.63) is 70.4 Å². The molecular formula is C21H21NO3. The second-order valence-corrected chi connectivity index (χ2v) is 6.36. The number of carbonyl (C=O) groups is 1. The van der Waals surface area contributed by atoms with Crippen molar-refractivity contribution in [1.82, 2.24) is 0 Å². The first kappa shape index (κ1) is 17.0. The summed E-state index contributed by atoms with van der Waals surface area (Å²) < 4.78 is 10.7. The van der Waals surface area contributed by atoms with Crippen LogP contribution in [0.4, 0.5) is 0 Å². The minimum Gasteiger partial charge on any atom is -0.496 e. The highest BCUT2D eigenvalue weighted by Crippen LogP contribution is 2.29. The van der Waals surface area contributed by atoms with Gasteiger partial charge in [0, 0.05) is 5.56 Å². The Morgan fingerprint density at radius 1 is 1.12 bits per heavy atom. The molecule has 0 saturated carbocycles. The molecular weight excluding hydrogens is 314 g/mol. The molecule has 2 aromatic rings. The van der Waals surface area contributed by atoms with E-state index in [2.05, 4.69) is 18.8 Å². The zero-order valence-electron chi connectivity index (χ0n) is 14.9. The van der Waals surface area contributed by atoms with E-state index in [4.69, 9.17) is 9.47 Å². The molecule has 0 saturated heterocycles. The third kappa shape index (κ3) is 3.63. The van der Waals surface area contributed by atoms with Gasteiger partial charge in [-0.2, -0.15) is 0 Å². The van der Waals surface area contributed by atoms with Crippen LogP contribution in [0, 0.1) is 6.92 Å². The normalized spacial score (nSPS) is 15.5. The lowest BCUT2D eigenvalue weighted by Gasteiger charge is -2.12. The lowest BCUT2D eigenvalue weighted by Crippen LogP contribution is -2.05. The molecule has 1 aliphatic rings. The van der Waals surface area contributed by atoms with E-state index in [0.29, 0.717) is 17.5 Å². The van der Waals surface area contributed by atoms with Crippen LogP contribution in [0.5, 0.6) is 5.75 Å². The van der Waals surface area contributed by atoms with Crippen LogP contribution in [-0.4, -0.2) is 19.0 Å². The van der Waals surface area contributed by atoms with Crippen LogP contribution in [0.3, 0.4) is 0 Å². The fraction of sp³-hybridized carbons (Fsp3) is 0.238. The number of aliphatic imine (C=N–C) groups is 1. The maximum absolute atomic E-state index is 12.1. The number of hydrogen-bond acceptors (Lipinski definition) is 4. The van der Waals surface area contributed by atoms with Gasteiger partial charge >= 0.3 is 5.97 Å². The fourth-order valence-electron chi connectivity index (χ4n) is 2.68. The summed E-state index contributed by atoms with van der Waals surface area (Å²) >= 11 is 0. The van der Waals surface area contributed by atoms with E-state index < -0.39 is 5.97 Å². The number of aryl methyl sites for hydroxylation is 1. The van der Waals surface area contributed by atoms with Crippen molar-refractivity contribution in [2.45, 2.75) is 26.7 Å². The Balaban J connectivity index is 1.94. The van der Waals surface area contributed by atoms with E-state index in [-0.39, 0.29) is 0 Å². The Morgan fingerprint density at radius 2 is 1.84 bits per heavy atom. The minimum absolute atomic E-state index is 0.301. The molecule has 0 fully saturated rings. The highest BCUT2D eigenvalue weighted by molar-refractivity contribution is 6.12. The maximum Gasteiger partial charge on any atom is 0.363 e. The molecule has 3 rings (SSSR count). The molecule has 4 heteroatoms. The molecule has 1 aliphatic heterocycles. The van der Waals surface area contributed by atoms with Gasteiger partial charge in [-0.25, -0.2) is 9.79 Å². The summed E-state index contributed by atoms with van der Waals surface area (Å²) in [5.41, 5.74) is 4.22. The van der Waals surface area contributed by atoms with Gasteiger partial charge in [0.25, 0.3) is 0 Å². The molecule has 25 heavy (non-hydrogen) atoms. The molecule has 0 atom stereocenters. The molecule has 0 unspecified atom stereocenters. The number of methoxy groups -OCH3 is 1. The van der Waals surface area contributed by atoms with Gasteiger partial charge in [0.15, 0.2) is 5.70 Å². The van der Waals surface area contributed by atoms with Gasteiger partial charge in [0.1, 0.15) is 5.75 Å². The van der Waals surface area contributed by atoms with E-state index in [1.54, 1.807) is 13.2 Å². The monoisotopic (exact) mass is 335 g/mol. The summed E-state index contributed by atoms with van der Waals surface area (Å²) in [5.74, 6) is 1.07. The smallest absolute Gasteiger partial charge is 0.363 e. The van der Waals surface area contributed by atoms with Gasteiger partial charge in [-0.05, 0) is 54.3 Å². The van der Waals surface area contributed by atoms with Crippen LogP contribution >= 0.6 is 0 Å². The van der Waals surface area contributed by atoms with Gasteiger partial charge in [0.05, 0.1) is 7.11 Å². The minimum atomic E-state index is -0.433. The molecule has 0 spiro atoms. The van der Waals surface area contributed by atoms with Crippen LogP contribution in [-0.2, 0) is 9.53 Å². The molecule has 4 nitrogen and oxygen atoms in total. The first-order valence-corrected chi connectivity index (χ1v) is 8.25. The number of carbonyl (C=O) groups excluding carboxylic acids is 1. The van der Waals surface area contributed by atoms with Crippen LogP contribution in [0.1, 0.15) is 42.0 Å². The van der Waals surface area contributed by atoms with Gasteiger partial charge in [-0.1, -0.05) is 37.6 Å². The summed E-state index contributed by atoms with van der Waals surface area (Å²) in [4.78, 5) is 16.5. The number of hydrogen-bond donors (Lipinski definition) is 0. The second-order valence-electron chi connectivity index (χ2n) is 6.36. The van der Waals surface area contributed by atoms with E-state index in [1.807, 2.05) is 49.4 Å². The van der Waals surface area contributed by atoms with Crippen molar-refractivity contribution in [2.24, 2.45) is 4.99 Å². The number of benzene rings is 2. The van der Waals surface area contributed by atoms with Crippen molar-refractivity contribution in [2.75, 3.05) is 7.11 Å². The van der Waals surface area contributed by atoms with Crippen LogP contribution < -0.4 is 4.74 Å². The third-order valence-corrected chi connectivity index (χ3v) is 4.10. The Labute approximate surface area is 147 Å². The summed E-state index contributed by atoms with van der Waals surface area (Å²) in [6.07, 6.45) is 1.74. The first-order chi connectivity index (χ1) is 12.0. The number of cyclic esters (lactones) is 1. The van der Waals surface area contributed by atoms with Crippen molar-refractivity contribution in [1.29, 1.82) is 0 Å². The van der Waals surface area contributed by atoms with Gasteiger partial charge < -0.3 is 9.47 Å². The number of esters is 1. The summed E-state index contributed by atoms with van der Waals surface area (Å²) in [6.45, 7) is 6.21. The Morgan fingerprint density at radius 3 is 2.48 bits per heavy atom. The second kappa shape index (κ2) is 6.93.